The van der Waals surface area contributed by atoms with Crippen molar-refractivity contribution in [3.8, 4) is 0 Å². The van der Waals surface area contributed by atoms with Gasteiger partial charge in [0.25, 0.3) is 5.56 Å². The summed E-state index contributed by atoms with van der Waals surface area (Å²) in [5.41, 5.74) is 9.47. The van der Waals surface area contributed by atoms with E-state index in [9.17, 15) is 4.79 Å². The van der Waals surface area contributed by atoms with Crippen LogP contribution in [0.3, 0.4) is 0 Å². The smallest absolute Gasteiger partial charge is 0.273 e. The fourth-order valence-electron chi connectivity index (χ4n) is 4.05. The third-order valence-electron chi connectivity index (χ3n) is 5.53. The molecule has 0 unspecified atom stereocenters. The van der Waals surface area contributed by atoms with Gasteiger partial charge >= 0.3 is 0 Å². The molecule has 3 aromatic heterocycles. The minimum absolute atomic E-state index is 0.0965. The molecule has 2 fully saturated rings. The molecule has 3 heterocycles. The minimum Gasteiger partial charge on any atom is -0.346 e. The van der Waals surface area contributed by atoms with E-state index in [1.165, 1.54) is 0 Å². The molecule has 124 valence electrons. The van der Waals surface area contributed by atoms with Crippen molar-refractivity contribution in [2.24, 2.45) is 5.73 Å². The monoisotopic (exact) mass is 323 g/mol. The van der Waals surface area contributed by atoms with Crippen LogP contribution in [-0.2, 0) is 0 Å². The molecule has 2 aliphatic rings. The van der Waals surface area contributed by atoms with Crippen molar-refractivity contribution in [2.45, 2.75) is 56.5 Å². The summed E-state index contributed by atoms with van der Waals surface area (Å²) in [6, 6.07) is 2.47. The van der Waals surface area contributed by atoms with E-state index in [0.29, 0.717) is 5.92 Å². The number of fused-ring (bicyclic) bond motifs is 3. The molecule has 0 amide bonds. The standard InChI is InChI=1S/C18H21N5O/c19-11-3-5-12(6-4-11)23-16-13-7-8-20-17(13)21-9-14(16)22-15(18(23)24)10-1-2-10/h7-12H,1-6,19H2,(H,20,21)/t11-,12-. The first-order valence-electron chi connectivity index (χ1n) is 8.86. The lowest BCUT2D eigenvalue weighted by molar-refractivity contribution is 0.323. The van der Waals surface area contributed by atoms with Crippen LogP contribution in [0, 0.1) is 0 Å². The van der Waals surface area contributed by atoms with Gasteiger partial charge in [-0.15, -0.1) is 0 Å². The first-order valence-corrected chi connectivity index (χ1v) is 8.86. The van der Waals surface area contributed by atoms with Crippen molar-refractivity contribution >= 4 is 22.1 Å². The Hall–Kier alpha value is -2.21. The number of aromatic nitrogens is 4. The van der Waals surface area contributed by atoms with Crippen molar-refractivity contribution in [1.82, 2.24) is 19.5 Å². The van der Waals surface area contributed by atoms with Gasteiger partial charge < -0.3 is 15.3 Å². The molecule has 0 aromatic carbocycles. The summed E-state index contributed by atoms with van der Waals surface area (Å²) in [5.74, 6) is 0.334. The van der Waals surface area contributed by atoms with Crippen LogP contribution in [0.2, 0.25) is 0 Å². The molecular formula is C18H21N5O. The number of pyridine rings is 1. The summed E-state index contributed by atoms with van der Waals surface area (Å²) < 4.78 is 2.01. The molecule has 3 aromatic rings. The summed E-state index contributed by atoms with van der Waals surface area (Å²) >= 11 is 0. The van der Waals surface area contributed by atoms with Crippen molar-refractivity contribution in [2.75, 3.05) is 0 Å². The number of hydrogen-bond acceptors (Lipinski definition) is 4. The Labute approximate surface area is 139 Å². The van der Waals surface area contributed by atoms with E-state index in [2.05, 4.69) is 9.97 Å². The van der Waals surface area contributed by atoms with E-state index in [1.54, 1.807) is 6.20 Å². The highest BCUT2D eigenvalue weighted by Gasteiger charge is 2.32. The SMILES string of the molecule is N[C@H]1CC[C@H](n2c(=O)c(C3CC3)nc3cnc4[nH]ccc4c32)CC1. The third-order valence-corrected chi connectivity index (χ3v) is 5.53. The zero-order chi connectivity index (χ0) is 16.3. The summed E-state index contributed by atoms with van der Waals surface area (Å²) in [7, 11) is 0. The van der Waals surface area contributed by atoms with Gasteiger partial charge in [0.2, 0.25) is 0 Å². The predicted molar refractivity (Wildman–Crippen MR) is 93.1 cm³/mol. The lowest BCUT2D eigenvalue weighted by Gasteiger charge is -2.29. The van der Waals surface area contributed by atoms with Crippen LogP contribution < -0.4 is 11.3 Å². The quantitative estimate of drug-likeness (QED) is 0.758. The molecule has 5 rings (SSSR count). The van der Waals surface area contributed by atoms with Crippen LogP contribution in [0.25, 0.3) is 22.1 Å². The molecule has 0 radical (unpaired) electrons. The largest absolute Gasteiger partial charge is 0.346 e. The third kappa shape index (κ3) is 2.09. The van der Waals surface area contributed by atoms with Crippen molar-refractivity contribution < 1.29 is 0 Å². The molecule has 6 nitrogen and oxygen atoms in total. The highest BCUT2D eigenvalue weighted by Crippen LogP contribution is 2.39. The van der Waals surface area contributed by atoms with E-state index in [0.717, 1.165) is 66.3 Å². The van der Waals surface area contributed by atoms with Crippen molar-refractivity contribution in [1.29, 1.82) is 0 Å². The van der Waals surface area contributed by atoms with Gasteiger partial charge in [0.05, 0.1) is 11.7 Å². The topological polar surface area (TPSA) is 89.6 Å². The Balaban J connectivity index is 1.81. The second-order valence-corrected chi connectivity index (χ2v) is 7.25. The van der Waals surface area contributed by atoms with Crippen LogP contribution in [-0.4, -0.2) is 25.6 Å². The Morgan fingerprint density at radius 2 is 1.96 bits per heavy atom. The minimum atomic E-state index is 0.0965. The maximum Gasteiger partial charge on any atom is 0.273 e. The lowest BCUT2D eigenvalue weighted by Crippen LogP contribution is -2.34. The van der Waals surface area contributed by atoms with Crippen LogP contribution in [0.5, 0.6) is 0 Å². The molecule has 2 aliphatic carbocycles. The zero-order valence-electron chi connectivity index (χ0n) is 13.5. The number of aromatic amines is 1. The fraction of sp³-hybridized carbons (Fsp3) is 0.500. The van der Waals surface area contributed by atoms with Gasteiger partial charge in [-0.25, -0.2) is 9.97 Å². The molecule has 0 atom stereocenters. The average molecular weight is 323 g/mol. The Morgan fingerprint density at radius 1 is 1.17 bits per heavy atom. The van der Waals surface area contributed by atoms with E-state index >= 15 is 0 Å². The normalized spacial score (nSPS) is 24.7. The summed E-state index contributed by atoms with van der Waals surface area (Å²) in [5, 5.41) is 0.981. The molecule has 0 aliphatic heterocycles. The van der Waals surface area contributed by atoms with Crippen molar-refractivity contribution in [3.05, 3.63) is 34.5 Å². The maximum atomic E-state index is 13.2. The first-order chi connectivity index (χ1) is 11.7. The Bertz CT molecular complexity index is 976. The van der Waals surface area contributed by atoms with Gasteiger partial charge in [0.15, 0.2) is 0 Å². The van der Waals surface area contributed by atoms with Gasteiger partial charge in [-0.3, -0.25) is 4.79 Å². The molecule has 3 N–H and O–H groups in total. The number of nitrogens with two attached hydrogens (primary N) is 1. The predicted octanol–water partition coefficient (Wildman–Crippen LogP) is 2.59. The Morgan fingerprint density at radius 3 is 2.71 bits per heavy atom. The number of rotatable bonds is 2. The average Bonchev–Trinajstić information content (AvgIpc) is 3.32. The first kappa shape index (κ1) is 14.2. The highest BCUT2D eigenvalue weighted by atomic mass is 16.1. The zero-order valence-corrected chi connectivity index (χ0v) is 13.5. The number of hydrogen-bond donors (Lipinski definition) is 2. The van der Waals surface area contributed by atoms with E-state index in [-0.39, 0.29) is 17.6 Å². The van der Waals surface area contributed by atoms with Gasteiger partial charge in [-0.1, -0.05) is 0 Å². The summed E-state index contributed by atoms with van der Waals surface area (Å²) in [6.45, 7) is 0. The molecule has 2 saturated carbocycles. The number of nitrogens with zero attached hydrogens (tertiary/aromatic N) is 3. The van der Waals surface area contributed by atoms with Gasteiger partial charge in [0.1, 0.15) is 16.9 Å². The van der Waals surface area contributed by atoms with Crippen LogP contribution in [0.1, 0.15) is 56.2 Å². The second kappa shape index (κ2) is 5.14. The molecule has 6 heteroatoms. The lowest BCUT2D eigenvalue weighted by atomic mass is 9.91. The fourth-order valence-corrected chi connectivity index (χ4v) is 4.05. The second-order valence-electron chi connectivity index (χ2n) is 7.25. The summed E-state index contributed by atoms with van der Waals surface area (Å²) in [6.07, 6.45) is 9.67. The van der Waals surface area contributed by atoms with Crippen LogP contribution in [0.15, 0.2) is 23.3 Å². The van der Waals surface area contributed by atoms with E-state index in [1.807, 2.05) is 16.8 Å². The van der Waals surface area contributed by atoms with Gasteiger partial charge in [-0.05, 0) is 44.6 Å². The van der Waals surface area contributed by atoms with Crippen molar-refractivity contribution in [3.63, 3.8) is 0 Å². The van der Waals surface area contributed by atoms with Crippen LogP contribution in [0.4, 0.5) is 0 Å². The Kier molecular flexibility index (Phi) is 3.03. The molecule has 0 bridgehead atoms. The van der Waals surface area contributed by atoms with Gasteiger partial charge in [0, 0.05) is 29.6 Å². The molecule has 24 heavy (non-hydrogen) atoms. The maximum absolute atomic E-state index is 13.2. The molecular weight excluding hydrogens is 302 g/mol. The van der Waals surface area contributed by atoms with Crippen LogP contribution >= 0.6 is 0 Å². The van der Waals surface area contributed by atoms with E-state index < -0.39 is 0 Å². The number of H-pyrrole nitrogens is 1. The van der Waals surface area contributed by atoms with E-state index in [4.69, 9.17) is 10.7 Å². The highest BCUT2D eigenvalue weighted by molar-refractivity contribution is 6.00. The molecule has 0 spiro atoms. The summed E-state index contributed by atoms with van der Waals surface area (Å²) in [4.78, 5) is 25.6. The number of nitrogens with one attached hydrogen (secondary N) is 1. The molecule has 0 saturated heterocycles. The van der Waals surface area contributed by atoms with Gasteiger partial charge in [-0.2, -0.15) is 0 Å².